The number of halogens is 1. The maximum absolute atomic E-state index is 13.3. The second kappa shape index (κ2) is 4.43. The van der Waals surface area contributed by atoms with Gasteiger partial charge >= 0.3 is 0 Å². The van der Waals surface area contributed by atoms with Crippen LogP contribution in [0.15, 0.2) is 18.2 Å². The third-order valence-corrected chi connectivity index (χ3v) is 3.87. The highest BCUT2D eigenvalue weighted by Crippen LogP contribution is 2.39. The lowest BCUT2D eigenvalue weighted by atomic mass is 9.72. The van der Waals surface area contributed by atoms with Gasteiger partial charge in [0.15, 0.2) is 0 Å². The number of ether oxygens (including phenoxy) is 1. The fourth-order valence-corrected chi connectivity index (χ4v) is 2.88. The molecule has 1 aliphatic carbocycles. The Balaban J connectivity index is 1.78. The second-order valence-electron chi connectivity index (χ2n) is 4.99. The van der Waals surface area contributed by atoms with Gasteiger partial charge in [0, 0.05) is 30.3 Å². The summed E-state index contributed by atoms with van der Waals surface area (Å²) in [4.78, 5) is 10.1. The minimum absolute atomic E-state index is 0.0253. The van der Waals surface area contributed by atoms with Crippen molar-refractivity contribution in [1.29, 1.82) is 0 Å². The Labute approximate surface area is 108 Å². The van der Waals surface area contributed by atoms with Crippen molar-refractivity contribution < 1.29 is 14.1 Å². The van der Waals surface area contributed by atoms with Gasteiger partial charge in [-0.15, -0.1) is 0 Å². The first-order valence-corrected chi connectivity index (χ1v) is 6.15. The van der Waals surface area contributed by atoms with Gasteiger partial charge in [-0.3, -0.25) is 10.1 Å². The molecule has 1 saturated heterocycles. The van der Waals surface area contributed by atoms with E-state index in [9.17, 15) is 14.5 Å². The SMILES string of the molecule is NC1C2CCOC2C1Nc1cc(F)cc([N+](=O)[O-])c1. The molecule has 1 aromatic rings. The normalized spacial score (nSPS) is 32.5. The average molecular weight is 267 g/mol. The smallest absolute Gasteiger partial charge is 0.274 e. The molecule has 102 valence electrons. The van der Waals surface area contributed by atoms with Gasteiger partial charge in [0.05, 0.1) is 23.1 Å². The van der Waals surface area contributed by atoms with E-state index in [0.29, 0.717) is 18.2 Å². The van der Waals surface area contributed by atoms with Crippen molar-refractivity contribution in [2.24, 2.45) is 11.7 Å². The molecular weight excluding hydrogens is 253 g/mol. The first-order chi connectivity index (χ1) is 9.06. The number of anilines is 1. The molecule has 1 heterocycles. The molecule has 4 atom stereocenters. The van der Waals surface area contributed by atoms with Crippen molar-refractivity contribution in [2.45, 2.75) is 24.6 Å². The topological polar surface area (TPSA) is 90.4 Å². The number of non-ortho nitro benzene ring substituents is 1. The van der Waals surface area contributed by atoms with Crippen LogP contribution in [-0.2, 0) is 4.74 Å². The van der Waals surface area contributed by atoms with Crippen LogP contribution in [0, 0.1) is 21.8 Å². The molecule has 3 rings (SSSR count). The van der Waals surface area contributed by atoms with E-state index in [4.69, 9.17) is 10.5 Å². The summed E-state index contributed by atoms with van der Waals surface area (Å²) in [6.45, 7) is 0.685. The van der Waals surface area contributed by atoms with Crippen LogP contribution >= 0.6 is 0 Å². The van der Waals surface area contributed by atoms with E-state index in [1.165, 1.54) is 12.1 Å². The van der Waals surface area contributed by atoms with Crippen molar-refractivity contribution in [3.05, 3.63) is 34.1 Å². The Hall–Kier alpha value is -1.73. The Morgan fingerprint density at radius 2 is 2.26 bits per heavy atom. The highest BCUT2D eigenvalue weighted by Gasteiger charge is 2.52. The van der Waals surface area contributed by atoms with Crippen LogP contribution in [0.3, 0.4) is 0 Å². The second-order valence-corrected chi connectivity index (χ2v) is 4.99. The fourth-order valence-electron chi connectivity index (χ4n) is 2.88. The Kier molecular flexibility index (Phi) is 2.87. The zero-order chi connectivity index (χ0) is 13.6. The van der Waals surface area contributed by atoms with E-state index in [1.807, 2.05) is 0 Å². The largest absolute Gasteiger partial charge is 0.378 e. The van der Waals surface area contributed by atoms with Crippen molar-refractivity contribution >= 4 is 11.4 Å². The third-order valence-electron chi connectivity index (χ3n) is 3.87. The minimum Gasteiger partial charge on any atom is -0.378 e. The lowest BCUT2D eigenvalue weighted by molar-refractivity contribution is -0.385. The molecule has 19 heavy (non-hydrogen) atoms. The van der Waals surface area contributed by atoms with Gasteiger partial charge in [-0.25, -0.2) is 4.39 Å². The number of nitrogens with zero attached hydrogens (tertiary/aromatic N) is 1. The summed E-state index contributed by atoms with van der Waals surface area (Å²) < 4.78 is 18.9. The summed E-state index contributed by atoms with van der Waals surface area (Å²) >= 11 is 0. The van der Waals surface area contributed by atoms with E-state index in [0.717, 1.165) is 12.5 Å². The predicted octanol–water partition coefficient (Wildman–Crippen LogP) is 1.26. The molecular formula is C12H14FN3O3. The van der Waals surface area contributed by atoms with Crippen LogP contribution in [-0.4, -0.2) is 29.7 Å². The van der Waals surface area contributed by atoms with Crippen LogP contribution in [0.25, 0.3) is 0 Å². The van der Waals surface area contributed by atoms with Gasteiger partial charge < -0.3 is 15.8 Å². The van der Waals surface area contributed by atoms with Gasteiger partial charge in [-0.05, 0) is 12.5 Å². The van der Waals surface area contributed by atoms with E-state index >= 15 is 0 Å². The molecule has 3 N–H and O–H groups in total. The van der Waals surface area contributed by atoms with Crippen molar-refractivity contribution in [1.82, 2.24) is 0 Å². The summed E-state index contributed by atoms with van der Waals surface area (Å²) in [7, 11) is 0. The summed E-state index contributed by atoms with van der Waals surface area (Å²) in [6.07, 6.45) is 0.963. The average Bonchev–Trinajstić information content (AvgIpc) is 2.80. The number of hydrogen-bond acceptors (Lipinski definition) is 5. The van der Waals surface area contributed by atoms with Gasteiger partial charge in [0.25, 0.3) is 5.69 Å². The molecule has 0 aromatic heterocycles. The summed E-state index contributed by atoms with van der Waals surface area (Å²) in [5.41, 5.74) is 6.11. The number of nitro benzene ring substituents is 1. The Bertz CT molecular complexity index is 525. The molecule has 0 spiro atoms. The third kappa shape index (κ3) is 2.04. The van der Waals surface area contributed by atoms with Gasteiger partial charge in [0.2, 0.25) is 0 Å². The van der Waals surface area contributed by atoms with Crippen molar-refractivity contribution in [2.75, 3.05) is 11.9 Å². The lowest BCUT2D eigenvalue weighted by Gasteiger charge is -2.46. The number of nitrogens with two attached hydrogens (primary N) is 1. The maximum atomic E-state index is 13.3. The monoisotopic (exact) mass is 267 g/mol. The van der Waals surface area contributed by atoms with Gasteiger partial charge in [-0.1, -0.05) is 0 Å². The quantitative estimate of drug-likeness (QED) is 0.635. The number of benzene rings is 1. The van der Waals surface area contributed by atoms with Crippen molar-refractivity contribution in [3.8, 4) is 0 Å². The van der Waals surface area contributed by atoms with E-state index in [2.05, 4.69) is 5.32 Å². The molecule has 1 saturated carbocycles. The van der Waals surface area contributed by atoms with Gasteiger partial charge in [0.1, 0.15) is 5.82 Å². The Morgan fingerprint density at radius 3 is 3.00 bits per heavy atom. The molecule has 6 nitrogen and oxygen atoms in total. The van der Waals surface area contributed by atoms with Crippen LogP contribution < -0.4 is 11.1 Å². The van der Waals surface area contributed by atoms with Crippen molar-refractivity contribution in [3.63, 3.8) is 0 Å². The summed E-state index contributed by atoms with van der Waals surface area (Å²) in [5, 5.41) is 13.7. The number of hydrogen-bond donors (Lipinski definition) is 2. The highest BCUT2D eigenvalue weighted by atomic mass is 19.1. The van der Waals surface area contributed by atoms with E-state index < -0.39 is 10.7 Å². The molecule has 0 bridgehead atoms. The molecule has 1 aliphatic heterocycles. The van der Waals surface area contributed by atoms with E-state index in [-0.39, 0.29) is 23.9 Å². The first kappa shape index (κ1) is 12.3. The number of fused-ring (bicyclic) bond motifs is 1. The Morgan fingerprint density at radius 1 is 1.47 bits per heavy atom. The minimum atomic E-state index is -0.645. The standard InChI is InChI=1S/C12H14FN3O3/c13-6-3-7(5-8(4-6)16(17)18)15-11-10(14)9-1-2-19-12(9)11/h3-5,9-12,15H,1-2,14H2. The molecule has 0 radical (unpaired) electrons. The number of nitro groups is 1. The zero-order valence-corrected chi connectivity index (χ0v) is 10.1. The zero-order valence-electron chi connectivity index (χ0n) is 10.1. The number of rotatable bonds is 3. The van der Waals surface area contributed by atoms with E-state index in [1.54, 1.807) is 0 Å². The molecule has 2 aliphatic rings. The van der Waals surface area contributed by atoms with Crippen LogP contribution in [0.2, 0.25) is 0 Å². The fraction of sp³-hybridized carbons (Fsp3) is 0.500. The molecule has 2 fully saturated rings. The van der Waals surface area contributed by atoms with Crippen LogP contribution in [0.5, 0.6) is 0 Å². The highest BCUT2D eigenvalue weighted by molar-refractivity contribution is 5.53. The molecule has 1 aromatic carbocycles. The van der Waals surface area contributed by atoms with Gasteiger partial charge in [-0.2, -0.15) is 0 Å². The predicted molar refractivity (Wildman–Crippen MR) is 66.3 cm³/mol. The maximum Gasteiger partial charge on any atom is 0.274 e. The molecule has 7 heteroatoms. The summed E-state index contributed by atoms with van der Waals surface area (Å²) in [5.74, 6) is -0.311. The molecule has 0 amide bonds. The lowest BCUT2D eigenvalue weighted by Crippen LogP contribution is -2.65. The number of nitrogens with one attached hydrogen (secondary N) is 1. The first-order valence-electron chi connectivity index (χ1n) is 6.15. The van der Waals surface area contributed by atoms with Crippen LogP contribution in [0.4, 0.5) is 15.8 Å². The molecule has 4 unspecified atom stereocenters. The van der Waals surface area contributed by atoms with Crippen LogP contribution in [0.1, 0.15) is 6.42 Å². The summed E-state index contributed by atoms with van der Waals surface area (Å²) in [6, 6.07) is 3.24.